The van der Waals surface area contributed by atoms with Crippen molar-refractivity contribution in [3.05, 3.63) is 80.0 Å². The van der Waals surface area contributed by atoms with E-state index in [1.807, 2.05) is 49.6 Å². The largest absolute Gasteiger partial charge is 0.454 e. The van der Waals surface area contributed by atoms with E-state index in [1.165, 1.54) is 4.90 Å². The Bertz CT molecular complexity index is 1160. The first-order valence-corrected chi connectivity index (χ1v) is 12.4. The van der Waals surface area contributed by atoms with E-state index in [4.69, 9.17) is 32.7 Å². The van der Waals surface area contributed by atoms with Crippen molar-refractivity contribution in [2.45, 2.75) is 33.0 Å². The molecule has 178 valence electrons. The van der Waals surface area contributed by atoms with Gasteiger partial charge in [0.25, 0.3) is 5.91 Å². The second-order valence-corrected chi connectivity index (χ2v) is 10.1. The summed E-state index contributed by atoms with van der Waals surface area (Å²) in [6, 6.07) is 14.1. The van der Waals surface area contributed by atoms with E-state index in [0.717, 1.165) is 10.4 Å². The molecule has 0 fully saturated rings. The number of thiophene rings is 1. The standard InChI is InChI=1S/C25H24Cl2N2O4S/c1-16(2)29(25(31)18-9-19(26)11-20(27)10-18)14-24(30)28(13-21-4-3-7-34-21)12-17-5-6-22-23(8-17)33-15-32-22/h3-11,16H,12-15H2,1-2H3. The molecule has 0 spiro atoms. The van der Waals surface area contributed by atoms with Crippen LogP contribution in [0.1, 0.15) is 34.6 Å². The number of halogens is 2. The van der Waals surface area contributed by atoms with Crippen LogP contribution in [0.25, 0.3) is 0 Å². The zero-order chi connectivity index (χ0) is 24.2. The summed E-state index contributed by atoms with van der Waals surface area (Å²) in [5, 5.41) is 2.71. The zero-order valence-electron chi connectivity index (χ0n) is 18.8. The number of benzene rings is 2. The summed E-state index contributed by atoms with van der Waals surface area (Å²) < 4.78 is 10.9. The molecule has 9 heteroatoms. The Morgan fingerprint density at radius 1 is 1.00 bits per heavy atom. The topological polar surface area (TPSA) is 59.1 Å². The van der Waals surface area contributed by atoms with Gasteiger partial charge in [0.15, 0.2) is 11.5 Å². The van der Waals surface area contributed by atoms with Crippen LogP contribution < -0.4 is 9.47 Å². The first-order chi connectivity index (χ1) is 16.3. The van der Waals surface area contributed by atoms with E-state index < -0.39 is 0 Å². The van der Waals surface area contributed by atoms with Crippen molar-refractivity contribution in [1.82, 2.24) is 9.80 Å². The second kappa shape index (κ2) is 10.7. The number of fused-ring (bicyclic) bond motifs is 1. The lowest BCUT2D eigenvalue weighted by molar-refractivity contribution is -0.133. The molecule has 3 aromatic rings. The maximum Gasteiger partial charge on any atom is 0.254 e. The lowest BCUT2D eigenvalue weighted by atomic mass is 10.1. The summed E-state index contributed by atoms with van der Waals surface area (Å²) in [7, 11) is 0. The number of carbonyl (C=O) groups excluding carboxylic acids is 2. The van der Waals surface area contributed by atoms with E-state index in [2.05, 4.69) is 0 Å². The predicted molar refractivity (Wildman–Crippen MR) is 134 cm³/mol. The fourth-order valence-corrected chi connectivity index (χ4v) is 4.91. The minimum Gasteiger partial charge on any atom is -0.454 e. The van der Waals surface area contributed by atoms with Crippen LogP contribution in [0.2, 0.25) is 10.0 Å². The molecule has 0 N–H and O–H groups in total. The minimum atomic E-state index is -0.299. The van der Waals surface area contributed by atoms with Gasteiger partial charge in [-0.3, -0.25) is 9.59 Å². The monoisotopic (exact) mass is 518 g/mol. The Kier molecular flexibility index (Phi) is 7.66. The van der Waals surface area contributed by atoms with Crippen molar-refractivity contribution < 1.29 is 19.1 Å². The van der Waals surface area contributed by atoms with Crippen LogP contribution in [-0.4, -0.2) is 41.0 Å². The fraction of sp³-hybridized carbons (Fsp3) is 0.280. The number of amides is 2. The highest BCUT2D eigenvalue weighted by molar-refractivity contribution is 7.09. The van der Waals surface area contributed by atoms with E-state index >= 15 is 0 Å². The molecule has 0 radical (unpaired) electrons. The third-order valence-electron chi connectivity index (χ3n) is 5.39. The van der Waals surface area contributed by atoms with Gasteiger partial charge in [-0.05, 0) is 61.2 Å². The predicted octanol–water partition coefficient (Wildman–Crippen LogP) is 5.86. The van der Waals surface area contributed by atoms with E-state index in [-0.39, 0.29) is 31.2 Å². The lowest BCUT2D eigenvalue weighted by Gasteiger charge is -2.30. The van der Waals surface area contributed by atoms with Gasteiger partial charge in [0.1, 0.15) is 6.54 Å². The van der Waals surface area contributed by atoms with Crippen LogP contribution in [0.5, 0.6) is 11.5 Å². The molecule has 0 atom stereocenters. The quantitative estimate of drug-likeness (QED) is 0.374. The highest BCUT2D eigenvalue weighted by Crippen LogP contribution is 2.33. The van der Waals surface area contributed by atoms with Crippen molar-refractivity contribution in [3.8, 4) is 11.5 Å². The maximum atomic E-state index is 13.5. The van der Waals surface area contributed by atoms with Crippen molar-refractivity contribution >= 4 is 46.4 Å². The molecule has 0 bridgehead atoms. The Hall–Kier alpha value is -2.74. The van der Waals surface area contributed by atoms with Crippen molar-refractivity contribution in [2.24, 2.45) is 0 Å². The highest BCUT2D eigenvalue weighted by atomic mass is 35.5. The summed E-state index contributed by atoms with van der Waals surface area (Å²) in [5.74, 6) is 0.891. The van der Waals surface area contributed by atoms with Crippen LogP contribution in [0.15, 0.2) is 53.9 Å². The Balaban J connectivity index is 1.55. The molecule has 0 saturated carbocycles. The number of rotatable bonds is 8. The summed E-state index contributed by atoms with van der Waals surface area (Å²) in [6.07, 6.45) is 0. The summed E-state index contributed by atoms with van der Waals surface area (Å²) in [4.78, 5) is 31.1. The number of nitrogens with zero attached hydrogens (tertiary/aromatic N) is 2. The molecule has 0 saturated heterocycles. The van der Waals surface area contributed by atoms with Crippen LogP contribution >= 0.6 is 34.5 Å². The van der Waals surface area contributed by atoms with Gasteiger partial charge in [-0.1, -0.05) is 35.3 Å². The third kappa shape index (κ3) is 5.84. The van der Waals surface area contributed by atoms with Gasteiger partial charge in [-0.2, -0.15) is 0 Å². The zero-order valence-corrected chi connectivity index (χ0v) is 21.1. The van der Waals surface area contributed by atoms with Gasteiger partial charge in [-0.25, -0.2) is 0 Å². The molecule has 2 heterocycles. The summed E-state index contributed by atoms with van der Waals surface area (Å²) in [5.41, 5.74) is 1.26. The molecule has 0 unspecified atom stereocenters. The molecule has 34 heavy (non-hydrogen) atoms. The van der Waals surface area contributed by atoms with Gasteiger partial charge >= 0.3 is 0 Å². The number of hydrogen-bond acceptors (Lipinski definition) is 5. The molecular formula is C25H24Cl2N2O4S. The first-order valence-electron chi connectivity index (χ1n) is 10.8. The van der Waals surface area contributed by atoms with Gasteiger partial charge in [0.2, 0.25) is 12.7 Å². The molecule has 1 aliphatic rings. The van der Waals surface area contributed by atoms with Gasteiger partial charge in [-0.15, -0.1) is 11.3 Å². The second-order valence-electron chi connectivity index (χ2n) is 8.20. The first kappa shape index (κ1) is 24.4. The molecule has 2 amide bonds. The average molecular weight is 519 g/mol. The summed E-state index contributed by atoms with van der Waals surface area (Å²) >= 11 is 13.8. The Labute approximate surface area is 212 Å². The van der Waals surface area contributed by atoms with E-state index in [0.29, 0.717) is 40.2 Å². The molecule has 1 aliphatic heterocycles. The van der Waals surface area contributed by atoms with E-state index in [1.54, 1.807) is 34.4 Å². The number of hydrogen-bond donors (Lipinski definition) is 0. The lowest BCUT2D eigenvalue weighted by Crippen LogP contribution is -2.45. The smallest absolute Gasteiger partial charge is 0.254 e. The van der Waals surface area contributed by atoms with Crippen molar-refractivity contribution in [3.63, 3.8) is 0 Å². The van der Waals surface area contributed by atoms with Crippen LogP contribution in [0.3, 0.4) is 0 Å². The molecule has 0 aliphatic carbocycles. The van der Waals surface area contributed by atoms with Gasteiger partial charge in [0, 0.05) is 33.1 Å². The Morgan fingerprint density at radius 2 is 1.74 bits per heavy atom. The molecule has 4 rings (SSSR count). The number of ether oxygens (including phenoxy) is 2. The number of carbonyl (C=O) groups is 2. The summed E-state index contributed by atoms with van der Waals surface area (Å²) in [6.45, 7) is 4.67. The maximum absolute atomic E-state index is 13.5. The van der Waals surface area contributed by atoms with Gasteiger partial charge < -0.3 is 19.3 Å². The average Bonchev–Trinajstić information content (AvgIpc) is 3.47. The Morgan fingerprint density at radius 3 is 2.41 bits per heavy atom. The molecule has 6 nitrogen and oxygen atoms in total. The molecule has 1 aromatic heterocycles. The molecule has 2 aromatic carbocycles. The van der Waals surface area contributed by atoms with Crippen molar-refractivity contribution in [1.29, 1.82) is 0 Å². The third-order valence-corrected chi connectivity index (χ3v) is 6.69. The SMILES string of the molecule is CC(C)N(CC(=O)N(Cc1ccc2c(c1)OCO2)Cc1cccs1)C(=O)c1cc(Cl)cc(Cl)c1. The van der Waals surface area contributed by atoms with Crippen LogP contribution in [0.4, 0.5) is 0 Å². The molecular weight excluding hydrogens is 495 g/mol. The van der Waals surface area contributed by atoms with Crippen molar-refractivity contribution in [2.75, 3.05) is 13.3 Å². The normalized spacial score (nSPS) is 12.1. The van der Waals surface area contributed by atoms with Crippen LogP contribution in [0, 0.1) is 0 Å². The highest BCUT2D eigenvalue weighted by Gasteiger charge is 2.26. The van der Waals surface area contributed by atoms with Gasteiger partial charge in [0.05, 0.1) is 6.54 Å². The minimum absolute atomic E-state index is 0.0729. The fourth-order valence-electron chi connectivity index (χ4n) is 3.66. The van der Waals surface area contributed by atoms with E-state index in [9.17, 15) is 9.59 Å². The van der Waals surface area contributed by atoms with Crippen LogP contribution in [-0.2, 0) is 17.9 Å².